The highest BCUT2D eigenvalue weighted by Gasteiger charge is 2.29. The third-order valence-corrected chi connectivity index (χ3v) is 7.94. The van der Waals surface area contributed by atoms with E-state index in [2.05, 4.69) is 55.8 Å². The van der Waals surface area contributed by atoms with Crippen LogP contribution in [0.2, 0.25) is 0 Å². The van der Waals surface area contributed by atoms with E-state index < -0.39 is 0 Å². The molecule has 0 N–H and O–H groups in total. The van der Waals surface area contributed by atoms with Crippen LogP contribution in [0.3, 0.4) is 0 Å². The van der Waals surface area contributed by atoms with Crippen molar-refractivity contribution in [3.05, 3.63) is 44.8 Å². The van der Waals surface area contributed by atoms with E-state index in [4.69, 9.17) is 0 Å². The Morgan fingerprint density at radius 1 is 0.739 bits per heavy atom. The summed E-state index contributed by atoms with van der Waals surface area (Å²) in [5, 5.41) is 4.39. The van der Waals surface area contributed by atoms with Crippen LogP contribution < -0.4 is 0 Å². The molecule has 0 nitrogen and oxygen atoms in total. The monoisotopic (exact) mass is 346 g/mol. The first-order chi connectivity index (χ1) is 11.1. The number of rotatable bonds is 2. The average molecular weight is 347 g/mol. The third-order valence-electron chi connectivity index (χ3n) is 5.87. The van der Waals surface area contributed by atoms with E-state index >= 15 is 0 Å². The van der Waals surface area contributed by atoms with Crippen LogP contribution in [0.25, 0.3) is 0 Å². The summed E-state index contributed by atoms with van der Waals surface area (Å²) in [4.78, 5) is 3.21. The molecule has 0 aliphatic heterocycles. The van der Waals surface area contributed by atoms with Crippen molar-refractivity contribution in [2.75, 3.05) is 0 Å². The maximum absolute atomic E-state index is 2.39. The third kappa shape index (κ3) is 4.48. The van der Waals surface area contributed by atoms with Crippen molar-refractivity contribution in [2.45, 2.75) is 64.7 Å². The molecule has 0 radical (unpaired) electrons. The van der Waals surface area contributed by atoms with Gasteiger partial charge in [0.05, 0.1) is 0 Å². The zero-order chi connectivity index (χ0) is 16.2. The van der Waals surface area contributed by atoms with Gasteiger partial charge in [0.25, 0.3) is 0 Å². The summed E-state index contributed by atoms with van der Waals surface area (Å²) >= 11 is 3.85. The van der Waals surface area contributed by atoms with Gasteiger partial charge in [0.1, 0.15) is 0 Å². The van der Waals surface area contributed by atoms with Gasteiger partial charge in [0.2, 0.25) is 0 Å². The van der Waals surface area contributed by atoms with Gasteiger partial charge in [0.15, 0.2) is 0 Å². The van der Waals surface area contributed by atoms with Crippen molar-refractivity contribution >= 4 is 22.7 Å². The van der Waals surface area contributed by atoms with Crippen molar-refractivity contribution in [3.8, 4) is 0 Å². The number of hydrogen-bond acceptors (Lipinski definition) is 2. The van der Waals surface area contributed by atoms with Gasteiger partial charge in [-0.15, -0.1) is 22.7 Å². The van der Waals surface area contributed by atoms with Crippen molar-refractivity contribution in [1.29, 1.82) is 0 Å². The molecule has 0 bridgehead atoms. The normalized spacial score (nSPS) is 33.4. The second kappa shape index (κ2) is 7.98. The Labute approximate surface area is 150 Å². The maximum Gasteiger partial charge on any atom is 0.00763 e. The molecule has 4 atom stereocenters. The molecule has 2 aliphatic carbocycles. The van der Waals surface area contributed by atoms with Gasteiger partial charge < -0.3 is 0 Å². The standard InChI is InChI=1S/C11H16S.C10H14S/c1-8-6-10(7-9(8)2)11-4-3-5-12-11;1-8-4-5-9(7-8)10-3-2-6-11-10/h3-5,8-10H,6-7H2,1-2H3;2-3,6,8-9H,4-5,7H2,1H3. The van der Waals surface area contributed by atoms with Crippen LogP contribution in [0.1, 0.15) is 74.5 Å². The fraction of sp³-hybridized carbons (Fsp3) is 0.619. The summed E-state index contributed by atoms with van der Waals surface area (Å²) in [5.41, 5.74) is 0. The molecule has 0 spiro atoms. The summed E-state index contributed by atoms with van der Waals surface area (Å²) in [6, 6.07) is 8.92. The van der Waals surface area contributed by atoms with Gasteiger partial charge in [-0.3, -0.25) is 0 Å². The van der Waals surface area contributed by atoms with E-state index in [-0.39, 0.29) is 0 Å². The fourth-order valence-electron chi connectivity index (χ4n) is 4.20. The predicted octanol–water partition coefficient (Wildman–Crippen LogP) is 7.55. The molecule has 0 aromatic carbocycles. The van der Waals surface area contributed by atoms with E-state index in [1.54, 1.807) is 9.75 Å². The smallest absolute Gasteiger partial charge is 0.00763 e. The van der Waals surface area contributed by atoms with Crippen LogP contribution in [0.15, 0.2) is 35.0 Å². The van der Waals surface area contributed by atoms with Gasteiger partial charge >= 0.3 is 0 Å². The Hall–Kier alpha value is -0.600. The van der Waals surface area contributed by atoms with Crippen LogP contribution >= 0.6 is 22.7 Å². The van der Waals surface area contributed by atoms with E-state index in [9.17, 15) is 0 Å². The zero-order valence-corrected chi connectivity index (χ0v) is 16.3. The van der Waals surface area contributed by atoms with Crippen LogP contribution in [-0.4, -0.2) is 0 Å². The first kappa shape index (κ1) is 17.2. The van der Waals surface area contributed by atoms with Gasteiger partial charge in [-0.25, -0.2) is 0 Å². The molecule has 4 unspecified atom stereocenters. The molecule has 2 heteroatoms. The molecule has 2 heterocycles. The van der Waals surface area contributed by atoms with Crippen LogP contribution in [-0.2, 0) is 0 Å². The highest BCUT2D eigenvalue weighted by atomic mass is 32.1. The van der Waals surface area contributed by atoms with Gasteiger partial charge in [-0.05, 0) is 78.2 Å². The molecule has 126 valence electrons. The Kier molecular flexibility index (Phi) is 5.98. The van der Waals surface area contributed by atoms with Crippen LogP contribution in [0, 0.1) is 17.8 Å². The minimum atomic E-state index is 0.870. The van der Waals surface area contributed by atoms with Gasteiger partial charge in [0, 0.05) is 9.75 Å². The van der Waals surface area contributed by atoms with Crippen LogP contribution in [0.4, 0.5) is 0 Å². The predicted molar refractivity (Wildman–Crippen MR) is 105 cm³/mol. The topological polar surface area (TPSA) is 0 Å². The van der Waals surface area contributed by atoms with Crippen molar-refractivity contribution < 1.29 is 0 Å². The average Bonchev–Trinajstić information content (AvgIpc) is 3.28. The lowest BCUT2D eigenvalue weighted by Gasteiger charge is -2.04. The summed E-state index contributed by atoms with van der Waals surface area (Å²) in [6.07, 6.45) is 7.08. The van der Waals surface area contributed by atoms with Crippen LogP contribution in [0.5, 0.6) is 0 Å². The summed E-state index contributed by atoms with van der Waals surface area (Å²) in [7, 11) is 0. The second-order valence-electron chi connectivity index (χ2n) is 7.77. The molecule has 2 aromatic rings. The Balaban J connectivity index is 0.000000136. The first-order valence-electron chi connectivity index (χ1n) is 9.20. The lowest BCUT2D eigenvalue weighted by molar-refractivity contribution is 0.457. The molecular weight excluding hydrogens is 316 g/mol. The summed E-state index contributed by atoms with van der Waals surface area (Å²) in [5.74, 6) is 4.58. The maximum atomic E-state index is 2.39. The van der Waals surface area contributed by atoms with Crippen molar-refractivity contribution in [1.82, 2.24) is 0 Å². The SMILES string of the molecule is CC1CC(c2cccs2)CC1C.CC1CCC(c2cccs2)C1. The minimum Gasteiger partial charge on any atom is -0.149 e. The molecule has 23 heavy (non-hydrogen) atoms. The van der Waals surface area contributed by atoms with E-state index in [1.807, 2.05) is 22.7 Å². The Morgan fingerprint density at radius 3 is 1.74 bits per heavy atom. The van der Waals surface area contributed by atoms with Gasteiger partial charge in [-0.2, -0.15) is 0 Å². The van der Waals surface area contributed by atoms with Crippen molar-refractivity contribution in [3.63, 3.8) is 0 Å². The highest BCUT2D eigenvalue weighted by molar-refractivity contribution is 7.10. The molecule has 0 amide bonds. The van der Waals surface area contributed by atoms with E-state index in [0.29, 0.717) is 0 Å². The van der Waals surface area contributed by atoms with E-state index in [1.165, 1.54) is 32.1 Å². The lowest BCUT2D eigenvalue weighted by atomic mass is 10.0. The Bertz CT molecular complexity index is 545. The molecule has 2 aliphatic rings. The number of thiophene rings is 2. The lowest BCUT2D eigenvalue weighted by Crippen LogP contribution is -1.95. The molecular formula is C21H30S2. The largest absolute Gasteiger partial charge is 0.149 e. The second-order valence-corrected chi connectivity index (χ2v) is 9.73. The molecule has 0 saturated heterocycles. The molecule has 2 fully saturated rings. The molecule has 2 saturated carbocycles. The quantitative estimate of drug-likeness (QED) is 0.526. The molecule has 2 aromatic heterocycles. The highest BCUT2D eigenvalue weighted by Crippen LogP contribution is 2.43. The zero-order valence-electron chi connectivity index (χ0n) is 14.7. The van der Waals surface area contributed by atoms with E-state index in [0.717, 1.165) is 29.6 Å². The van der Waals surface area contributed by atoms with Gasteiger partial charge in [-0.1, -0.05) is 39.3 Å². The fourth-order valence-corrected chi connectivity index (χ4v) is 5.94. The molecule has 4 rings (SSSR count). The van der Waals surface area contributed by atoms with Crippen molar-refractivity contribution in [2.24, 2.45) is 17.8 Å². The summed E-state index contributed by atoms with van der Waals surface area (Å²) in [6.45, 7) is 7.14. The summed E-state index contributed by atoms with van der Waals surface area (Å²) < 4.78 is 0. The first-order valence-corrected chi connectivity index (χ1v) is 11.0. The minimum absolute atomic E-state index is 0.870. The Morgan fingerprint density at radius 2 is 1.30 bits per heavy atom. The number of hydrogen-bond donors (Lipinski definition) is 0.